The third kappa shape index (κ3) is 6.34. The van der Waals surface area contributed by atoms with Gasteiger partial charge in [0.05, 0.1) is 6.10 Å². The molecule has 3 N–H and O–H groups in total. The van der Waals surface area contributed by atoms with Gasteiger partial charge in [0.25, 0.3) is 0 Å². The van der Waals surface area contributed by atoms with Gasteiger partial charge in [0, 0.05) is 5.92 Å². The zero-order chi connectivity index (χ0) is 17.4. The molecule has 1 saturated carbocycles. The lowest BCUT2D eigenvalue weighted by atomic mass is 9.70. The molecule has 1 aliphatic rings. The second kappa shape index (κ2) is 9.71. The number of aliphatic hydroxyl groups is 1. The van der Waals surface area contributed by atoms with Crippen molar-refractivity contribution in [1.29, 1.82) is 0 Å². The first-order valence-corrected chi connectivity index (χ1v) is 8.89. The van der Waals surface area contributed by atoms with E-state index in [-0.39, 0.29) is 17.9 Å². The average molecular weight is 319 g/mol. The van der Waals surface area contributed by atoms with E-state index in [2.05, 4.69) is 20.8 Å². The van der Waals surface area contributed by atoms with Gasteiger partial charge in [-0.3, -0.25) is 4.79 Å². The lowest BCUT2D eigenvalue weighted by Gasteiger charge is -2.35. The van der Waals surface area contributed by atoms with E-state index in [1.165, 1.54) is 12.8 Å². The summed E-state index contributed by atoms with van der Waals surface area (Å²) in [7, 11) is 0. The quantitative estimate of drug-likeness (QED) is 0.868. The summed E-state index contributed by atoms with van der Waals surface area (Å²) in [6.45, 7) is 8.57. The molecule has 3 heteroatoms. The second-order valence-corrected chi connectivity index (χ2v) is 7.17. The highest BCUT2D eigenvalue weighted by molar-refractivity contribution is 5.77. The fourth-order valence-corrected chi connectivity index (χ4v) is 3.44. The van der Waals surface area contributed by atoms with Crippen LogP contribution in [0.15, 0.2) is 30.3 Å². The van der Waals surface area contributed by atoms with Gasteiger partial charge in [-0.15, -0.1) is 0 Å². The molecule has 2 rings (SSSR count). The van der Waals surface area contributed by atoms with E-state index in [4.69, 9.17) is 5.73 Å². The predicted octanol–water partition coefficient (Wildman–Crippen LogP) is 4.31. The summed E-state index contributed by atoms with van der Waals surface area (Å²) in [5, 5.41) is 9.33. The Labute approximate surface area is 141 Å². The van der Waals surface area contributed by atoms with Gasteiger partial charge in [-0.1, -0.05) is 64.4 Å². The first-order chi connectivity index (χ1) is 10.9. The molecule has 0 radical (unpaired) electrons. The monoisotopic (exact) mass is 319 g/mol. The first-order valence-electron chi connectivity index (χ1n) is 8.89. The van der Waals surface area contributed by atoms with Gasteiger partial charge < -0.3 is 10.8 Å². The molecule has 23 heavy (non-hydrogen) atoms. The van der Waals surface area contributed by atoms with Gasteiger partial charge in [0.15, 0.2) is 0 Å². The van der Waals surface area contributed by atoms with Gasteiger partial charge in [0.2, 0.25) is 5.91 Å². The summed E-state index contributed by atoms with van der Waals surface area (Å²) in [4.78, 5) is 11.2. The maximum atomic E-state index is 11.2. The fourth-order valence-electron chi connectivity index (χ4n) is 3.44. The Kier molecular flexibility index (Phi) is 8.32. The topological polar surface area (TPSA) is 63.3 Å². The average Bonchev–Trinajstić information content (AvgIpc) is 2.55. The molecule has 3 unspecified atom stereocenters. The maximum Gasteiger partial charge on any atom is 0.220 e. The number of amides is 1. The molecule has 1 aliphatic carbocycles. The molecule has 0 heterocycles. The van der Waals surface area contributed by atoms with Gasteiger partial charge >= 0.3 is 0 Å². The normalized spacial score (nSPS) is 25.4. The van der Waals surface area contributed by atoms with Crippen LogP contribution in [0.2, 0.25) is 0 Å². The molecule has 3 nitrogen and oxygen atoms in total. The molecule has 0 aliphatic heterocycles. The van der Waals surface area contributed by atoms with Crippen LogP contribution >= 0.6 is 0 Å². The van der Waals surface area contributed by atoms with Crippen molar-refractivity contribution in [2.75, 3.05) is 0 Å². The summed E-state index contributed by atoms with van der Waals surface area (Å²) < 4.78 is 0. The molecule has 0 spiro atoms. The number of rotatable bonds is 4. The highest BCUT2D eigenvalue weighted by Gasteiger charge is 2.33. The van der Waals surface area contributed by atoms with Crippen molar-refractivity contribution in [3.8, 4) is 0 Å². The Morgan fingerprint density at radius 1 is 1.26 bits per heavy atom. The highest BCUT2D eigenvalue weighted by atomic mass is 16.3. The van der Waals surface area contributed by atoms with Crippen LogP contribution in [0, 0.1) is 23.7 Å². The summed E-state index contributed by atoms with van der Waals surface area (Å²) in [6.07, 6.45) is 3.92. The molecule has 1 fully saturated rings. The van der Waals surface area contributed by atoms with Crippen molar-refractivity contribution in [3.05, 3.63) is 35.9 Å². The van der Waals surface area contributed by atoms with E-state index >= 15 is 0 Å². The van der Waals surface area contributed by atoms with Crippen LogP contribution in [-0.4, -0.2) is 11.0 Å². The number of hydrogen-bond acceptors (Lipinski definition) is 2. The maximum absolute atomic E-state index is 11.2. The molecule has 130 valence electrons. The number of nitrogens with two attached hydrogens (primary N) is 1. The molecule has 1 aromatic rings. The van der Waals surface area contributed by atoms with E-state index in [0.717, 1.165) is 18.4 Å². The molecular weight excluding hydrogens is 286 g/mol. The number of hydrogen-bond donors (Lipinski definition) is 2. The van der Waals surface area contributed by atoms with Gasteiger partial charge in [-0.2, -0.15) is 0 Å². The van der Waals surface area contributed by atoms with E-state index < -0.39 is 0 Å². The summed E-state index contributed by atoms with van der Waals surface area (Å²) in [5.74, 6) is 1.82. The second-order valence-electron chi connectivity index (χ2n) is 7.17. The lowest BCUT2D eigenvalue weighted by Crippen LogP contribution is -2.37. The van der Waals surface area contributed by atoms with Crippen molar-refractivity contribution in [1.82, 2.24) is 0 Å². The third-order valence-corrected chi connectivity index (χ3v) is 4.96. The number of primary amides is 1. The predicted molar refractivity (Wildman–Crippen MR) is 95.7 cm³/mol. The largest absolute Gasteiger partial charge is 0.388 e. The Morgan fingerprint density at radius 2 is 1.87 bits per heavy atom. The fraction of sp³-hybridized carbons (Fsp3) is 0.650. The number of carbonyl (C=O) groups is 1. The van der Waals surface area contributed by atoms with Crippen LogP contribution in [-0.2, 0) is 4.79 Å². The van der Waals surface area contributed by atoms with E-state index in [1.807, 2.05) is 37.3 Å². The molecular formula is C20H33NO2. The Hall–Kier alpha value is -1.35. The van der Waals surface area contributed by atoms with Gasteiger partial charge in [-0.25, -0.2) is 0 Å². The van der Waals surface area contributed by atoms with Gasteiger partial charge in [0.1, 0.15) is 0 Å². The molecule has 1 amide bonds. The summed E-state index contributed by atoms with van der Waals surface area (Å²) in [5.41, 5.74) is 6.42. The Bertz CT molecular complexity index is 458. The molecule has 0 bridgehead atoms. The molecule has 0 aromatic heterocycles. The van der Waals surface area contributed by atoms with Crippen LogP contribution < -0.4 is 5.73 Å². The zero-order valence-electron chi connectivity index (χ0n) is 15.0. The zero-order valence-corrected chi connectivity index (χ0v) is 15.0. The van der Waals surface area contributed by atoms with Crippen molar-refractivity contribution < 1.29 is 9.90 Å². The van der Waals surface area contributed by atoms with E-state index in [0.29, 0.717) is 17.8 Å². The van der Waals surface area contributed by atoms with Crippen LogP contribution in [0.25, 0.3) is 0 Å². The number of aliphatic hydroxyl groups excluding tert-OH is 1. The smallest absolute Gasteiger partial charge is 0.220 e. The van der Waals surface area contributed by atoms with Crippen molar-refractivity contribution >= 4 is 5.91 Å². The lowest BCUT2D eigenvalue weighted by molar-refractivity contribution is -0.125. The molecule has 0 saturated heterocycles. The minimum Gasteiger partial charge on any atom is -0.388 e. The van der Waals surface area contributed by atoms with Crippen LogP contribution in [0.5, 0.6) is 0 Å². The summed E-state index contributed by atoms with van der Waals surface area (Å²) >= 11 is 0. The first kappa shape index (κ1) is 19.7. The number of carbonyl (C=O) groups excluding carboxylic acids is 1. The van der Waals surface area contributed by atoms with E-state index in [9.17, 15) is 9.90 Å². The van der Waals surface area contributed by atoms with Crippen molar-refractivity contribution in [2.24, 2.45) is 29.4 Å². The van der Waals surface area contributed by atoms with Gasteiger partial charge in [-0.05, 0) is 42.6 Å². The minimum atomic E-state index is -0.291. The molecule has 1 aromatic carbocycles. The Balaban J connectivity index is 0.000000238. The van der Waals surface area contributed by atoms with E-state index in [1.54, 1.807) is 0 Å². The Morgan fingerprint density at radius 3 is 2.35 bits per heavy atom. The van der Waals surface area contributed by atoms with Crippen molar-refractivity contribution in [2.45, 2.75) is 59.5 Å². The highest BCUT2D eigenvalue weighted by Crippen LogP contribution is 2.37. The van der Waals surface area contributed by atoms with Crippen LogP contribution in [0.1, 0.15) is 65.0 Å². The standard InChI is InChI=1S/C11H21NO.C9H12O/c1-7(2)9-5-4-8(3)6-10(9)11(12)13;1-2-9(10)8-6-4-3-5-7-8/h7-10H,4-6H2,1-3H3,(H2,12,13);3-7,9-10H,2H2,1H3/t8?,9-,10?;/m0./s1. The molecule has 4 atom stereocenters. The van der Waals surface area contributed by atoms with Crippen LogP contribution in [0.3, 0.4) is 0 Å². The third-order valence-electron chi connectivity index (χ3n) is 4.96. The number of benzene rings is 1. The van der Waals surface area contributed by atoms with Crippen LogP contribution in [0.4, 0.5) is 0 Å². The summed E-state index contributed by atoms with van der Waals surface area (Å²) in [6, 6.07) is 9.70. The SMILES string of the molecule is CC1CC[C@@H](C(C)C)C(C(N)=O)C1.CCC(O)c1ccccc1. The minimum absolute atomic E-state index is 0.0924. The van der Waals surface area contributed by atoms with Crippen molar-refractivity contribution in [3.63, 3.8) is 0 Å².